The van der Waals surface area contributed by atoms with E-state index in [1.165, 1.54) is 0 Å². The summed E-state index contributed by atoms with van der Waals surface area (Å²) in [6.07, 6.45) is 0. The molecule has 0 heterocycles. The Morgan fingerprint density at radius 3 is 1.81 bits per heavy atom. The number of carbonyl (C=O) groups is 1. The van der Waals surface area contributed by atoms with E-state index in [1.54, 1.807) is 12.1 Å². The molecule has 2 aromatic carbocycles. The number of halogens is 2. The van der Waals surface area contributed by atoms with E-state index < -0.39 is 8.26 Å². The SMILES string of the molecule is O=C(OCc1ccccc1)c1ccccc1.O=S(=O)(Cl)Cl. The summed E-state index contributed by atoms with van der Waals surface area (Å²) in [5, 5.41) is 0. The summed E-state index contributed by atoms with van der Waals surface area (Å²) in [4.78, 5) is 11.6. The number of esters is 1. The highest BCUT2D eigenvalue weighted by atomic mass is 36.0. The fourth-order valence-electron chi connectivity index (χ4n) is 1.38. The van der Waals surface area contributed by atoms with E-state index >= 15 is 0 Å². The normalized spacial score (nSPS) is 10.2. The van der Waals surface area contributed by atoms with Gasteiger partial charge in [0.05, 0.1) is 5.56 Å². The Kier molecular flexibility index (Phi) is 7.22. The van der Waals surface area contributed by atoms with Crippen LogP contribution in [0.5, 0.6) is 0 Å². The molecule has 0 saturated carbocycles. The average molecular weight is 347 g/mol. The summed E-state index contributed by atoms with van der Waals surface area (Å²) in [6, 6.07) is 18.6. The predicted molar refractivity (Wildman–Crippen MR) is 82.6 cm³/mol. The van der Waals surface area contributed by atoms with Gasteiger partial charge in [0.15, 0.2) is 0 Å². The second-order valence-electron chi connectivity index (χ2n) is 3.81. The molecule has 0 aliphatic heterocycles. The molecule has 0 saturated heterocycles. The number of hydrogen-bond donors (Lipinski definition) is 0. The molecule has 0 aromatic heterocycles. The van der Waals surface area contributed by atoms with Crippen molar-refractivity contribution in [3.05, 3.63) is 71.8 Å². The number of rotatable bonds is 3. The monoisotopic (exact) mass is 346 g/mol. The highest BCUT2D eigenvalue weighted by Gasteiger charge is 2.05. The standard InChI is InChI=1S/C14H12O2.Cl2O2S/c15-14(13-9-5-2-6-10-13)16-11-12-7-3-1-4-8-12;1-5(2,3)4/h1-10H,11H2;. The van der Waals surface area contributed by atoms with E-state index in [2.05, 4.69) is 21.4 Å². The van der Waals surface area contributed by atoms with Gasteiger partial charge >= 0.3 is 14.2 Å². The van der Waals surface area contributed by atoms with Crippen molar-refractivity contribution < 1.29 is 17.9 Å². The fourth-order valence-corrected chi connectivity index (χ4v) is 1.38. The van der Waals surface area contributed by atoms with Crippen LogP contribution in [0.15, 0.2) is 60.7 Å². The lowest BCUT2D eigenvalue weighted by Gasteiger charge is -2.04. The van der Waals surface area contributed by atoms with Gasteiger partial charge in [0.2, 0.25) is 0 Å². The van der Waals surface area contributed by atoms with Crippen LogP contribution in [-0.4, -0.2) is 14.4 Å². The molecule has 0 radical (unpaired) electrons. The molecule has 0 aliphatic carbocycles. The van der Waals surface area contributed by atoms with E-state index in [0.717, 1.165) is 5.56 Å². The molecule has 0 amide bonds. The molecule has 2 rings (SSSR count). The Bertz CT molecular complexity index is 650. The minimum Gasteiger partial charge on any atom is -0.457 e. The minimum atomic E-state index is -3.72. The van der Waals surface area contributed by atoms with Crippen molar-refractivity contribution in [2.24, 2.45) is 0 Å². The smallest absolute Gasteiger partial charge is 0.338 e. The fraction of sp³-hybridized carbons (Fsp3) is 0.0714. The molecule has 7 heteroatoms. The summed E-state index contributed by atoms with van der Waals surface area (Å²) in [7, 11) is 4.81. The maximum atomic E-state index is 11.6. The van der Waals surface area contributed by atoms with Crippen molar-refractivity contribution >= 4 is 35.6 Å². The quantitative estimate of drug-likeness (QED) is 0.627. The van der Waals surface area contributed by atoms with Gasteiger partial charge in [0, 0.05) is 21.4 Å². The first-order chi connectivity index (χ1) is 9.86. The van der Waals surface area contributed by atoms with Crippen LogP contribution in [0.2, 0.25) is 0 Å². The van der Waals surface area contributed by atoms with Crippen LogP contribution in [-0.2, 0) is 19.6 Å². The van der Waals surface area contributed by atoms with Crippen LogP contribution >= 0.6 is 21.4 Å². The molecule has 0 N–H and O–H groups in total. The highest BCUT2D eigenvalue weighted by Crippen LogP contribution is 2.05. The van der Waals surface area contributed by atoms with Crippen molar-refractivity contribution in [1.82, 2.24) is 0 Å². The second-order valence-corrected chi connectivity index (χ2v) is 7.47. The van der Waals surface area contributed by atoms with Gasteiger partial charge in [-0.15, -0.1) is 0 Å². The average Bonchev–Trinajstić information content (AvgIpc) is 2.45. The summed E-state index contributed by atoms with van der Waals surface area (Å²) in [6.45, 7) is 0.314. The molecular formula is C14H12Cl2O4S. The third-order valence-corrected chi connectivity index (χ3v) is 2.22. The molecule has 2 aromatic rings. The Labute approximate surface area is 132 Å². The van der Waals surface area contributed by atoms with Gasteiger partial charge in [0.1, 0.15) is 6.61 Å². The van der Waals surface area contributed by atoms with E-state index in [4.69, 9.17) is 13.2 Å². The van der Waals surface area contributed by atoms with Crippen LogP contribution in [0.1, 0.15) is 15.9 Å². The van der Waals surface area contributed by atoms with Crippen LogP contribution in [0.3, 0.4) is 0 Å². The molecule has 0 fully saturated rings. The Hall–Kier alpha value is -1.56. The molecule has 0 spiro atoms. The molecule has 0 atom stereocenters. The molecular weight excluding hydrogens is 335 g/mol. The van der Waals surface area contributed by atoms with Crippen molar-refractivity contribution in [2.75, 3.05) is 0 Å². The van der Waals surface area contributed by atoms with E-state index in [9.17, 15) is 4.79 Å². The van der Waals surface area contributed by atoms with Gasteiger partial charge in [0.25, 0.3) is 0 Å². The third-order valence-electron chi connectivity index (χ3n) is 2.22. The summed E-state index contributed by atoms with van der Waals surface area (Å²) >= 11 is 0. The Morgan fingerprint density at radius 1 is 0.905 bits per heavy atom. The summed E-state index contributed by atoms with van der Waals surface area (Å²) in [5.74, 6) is -0.288. The number of benzene rings is 2. The van der Waals surface area contributed by atoms with Crippen molar-refractivity contribution in [1.29, 1.82) is 0 Å². The van der Waals surface area contributed by atoms with Gasteiger partial charge in [-0.25, -0.2) is 4.79 Å². The van der Waals surface area contributed by atoms with Crippen LogP contribution in [0.4, 0.5) is 0 Å². The maximum Gasteiger partial charge on any atom is 0.338 e. The topological polar surface area (TPSA) is 60.4 Å². The second kappa shape index (κ2) is 8.67. The zero-order valence-electron chi connectivity index (χ0n) is 10.8. The molecule has 0 unspecified atom stereocenters. The van der Waals surface area contributed by atoms with Gasteiger partial charge in [-0.1, -0.05) is 48.5 Å². The van der Waals surface area contributed by atoms with E-state index in [0.29, 0.717) is 12.2 Å². The largest absolute Gasteiger partial charge is 0.457 e. The Balaban J connectivity index is 0.000000383. The van der Waals surface area contributed by atoms with Crippen LogP contribution in [0, 0.1) is 0 Å². The lowest BCUT2D eigenvalue weighted by molar-refractivity contribution is 0.0472. The first kappa shape index (κ1) is 17.5. The van der Waals surface area contributed by atoms with Crippen molar-refractivity contribution in [2.45, 2.75) is 6.61 Å². The van der Waals surface area contributed by atoms with Crippen molar-refractivity contribution in [3.63, 3.8) is 0 Å². The maximum absolute atomic E-state index is 11.6. The van der Waals surface area contributed by atoms with E-state index in [1.807, 2.05) is 48.5 Å². The zero-order valence-corrected chi connectivity index (χ0v) is 13.1. The van der Waals surface area contributed by atoms with E-state index in [-0.39, 0.29) is 5.97 Å². The van der Waals surface area contributed by atoms with Gasteiger partial charge in [-0.3, -0.25) is 0 Å². The first-order valence-electron chi connectivity index (χ1n) is 5.76. The number of carbonyl (C=O) groups excluding carboxylic acids is 1. The first-order valence-corrected chi connectivity index (χ1v) is 8.90. The van der Waals surface area contributed by atoms with Gasteiger partial charge in [-0.2, -0.15) is 8.42 Å². The van der Waals surface area contributed by atoms with Crippen LogP contribution < -0.4 is 0 Å². The summed E-state index contributed by atoms with van der Waals surface area (Å²) < 4.78 is 23.5. The van der Waals surface area contributed by atoms with Crippen molar-refractivity contribution in [3.8, 4) is 0 Å². The molecule has 0 bridgehead atoms. The Morgan fingerprint density at radius 2 is 1.33 bits per heavy atom. The van der Waals surface area contributed by atoms with Crippen LogP contribution in [0.25, 0.3) is 0 Å². The zero-order chi connectivity index (χ0) is 15.7. The lowest BCUT2D eigenvalue weighted by Crippen LogP contribution is -2.04. The minimum absolute atomic E-state index is 0.288. The van der Waals surface area contributed by atoms with Gasteiger partial charge in [-0.05, 0) is 17.7 Å². The molecule has 21 heavy (non-hydrogen) atoms. The molecule has 0 aliphatic rings. The third kappa shape index (κ3) is 9.07. The molecule has 4 nitrogen and oxygen atoms in total. The lowest BCUT2D eigenvalue weighted by atomic mass is 10.2. The number of ether oxygens (including phenoxy) is 1. The number of hydrogen-bond acceptors (Lipinski definition) is 4. The van der Waals surface area contributed by atoms with Gasteiger partial charge < -0.3 is 4.74 Å². The summed E-state index contributed by atoms with van der Waals surface area (Å²) in [5.41, 5.74) is 1.57. The molecule has 112 valence electrons. The highest BCUT2D eigenvalue weighted by molar-refractivity contribution is 8.31. The predicted octanol–water partition coefficient (Wildman–Crippen LogP) is 3.75.